The average molecular weight is 493 g/mol. The number of nitrogens with zero attached hydrogens (tertiary/aromatic N) is 3. The van der Waals surface area contributed by atoms with Gasteiger partial charge in [0.15, 0.2) is 0 Å². The lowest BCUT2D eigenvalue weighted by molar-refractivity contribution is 0.360. The number of aromatic nitrogens is 3. The second kappa shape index (κ2) is 13.6. The van der Waals surface area contributed by atoms with Crippen LogP contribution in [0.2, 0.25) is 0 Å². The van der Waals surface area contributed by atoms with E-state index in [0.717, 1.165) is 50.1 Å². The maximum absolute atomic E-state index is 7.00. The minimum atomic E-state index is 0.535. The Bertz CT molecular complexity index is 1050. The first-order chi connectivity index (χ1) is 17.8. The zero-order valence-electron chi connectivity index (χ0n) is 22.1. The van der Waals surface area contributed by atoms with Crippen molar-refractivity contribution in [2.24, 2.45) is 0 Å². The molecule has 0 bridgehead atoms. The minimum Gasteiger partial charge on any atom is -0.400 e. The van der Waals surface area contributed by atoms with Crippen molar-refractivity contribution >= 4 is 22.7 Å². The molecular formula is C29H44N6O. The van der Waals surface area contributed by atoms with Crippen LogP contribution in [0, 0.1) is 0 Å². The van der Waals surface area contributed by atoms with Gasteiger partial charge < -0.3 is 25.6 Å². The van der Waals surface area contributed by atoms with Gasteiger partial charge in [0.2, 0.25) is 5.95 Å². The predicted octanol–water partition coefficient (Wildman–Crippen LogP) is 5.98. The Morgan fingerprint density at radius 1 is 1.00 bits per heavy atom. The van der Waals surface area contributed by atoms with Gasteiger partial charge in [0.1, 0.15) is 5.65 Å². The number of anilines is 2. The summed E-state index contributed by atoms with van der Waals surface area (Å²) in [5, 5.41) is 18.8. The lowest BCUT2D eigenvalue weighted by Gasteiger charge is -2.23. The van der Waals surface area contributed by atoms with Crippen molar-refractivity contribution in [3.63, 3.8) is 0 Å². The molecule has 1 unspecified atom stereocenters. The van der Waals surface area contributed by atoms with E-state index in [9.17, 15) is 0 Å². The SMILES string of the molecule is CCCCNc1ncc2c(-c3ccc(NC4CCCNCC4)cc3)cn(C3CCCCC3)c2n1.CO. The first kappa shape index (κ1) is 26.4. The molecule has 196 valence electrons. The molecule has 0 amide bonds. The second-order valence-electron chi connectivity index (χ2n) is 10.1. The maximum Gasteiger partial charge on any atom is 0.224 e. The minimum absolute atomic E-state index is 0.535. The summed E-state index contributed by atoms with van der Waals surface area (Å²) in [7, 11) is 1.00. The zero-order valence-corrected chi connectivity index (χ0v) is 22.1. The van der Waals surface area contributed by atoms with E-state index in [1.807, 2.05) is 6.20 Å². The number of aliphatic hydroxyl groups is 1. The summed E-state index contributed by atoms with van der Waals surface area (Å²) in [6.07, 6.45) is 16.8. The van der Waals surface area contributed by atoms with Crippen LogP contribution in [-0.2, 0) is 0 Å². The summed E-state index contributed by atoms with van der Waals surface area (Å²) in [4.78, 5) is 9.67. The van der Waals surface area contributed by atoms with Crippen LogP contribution in [0.25, 0.3) is 22.2 Å². The quantitative estimate of drug-likeness (QED) is 0.290. The number of benzene rings is 1. The molecule has 0 radical (unpaired) electrons. The largest absolute Gasteiger partial charge is 0.400 e. The highest BCUT2D eigenvalue weighted by atomic mass is 16.2. The third-order valence-corrected chi connectivity index (χ3v) is 7.50. The van der Waals surface area contributed by atoms with E-state index in [2.05, 4.69) is 62.9 Å². The molecule has 1 aliphatic carbocycles. The summed E-state index contributed by atoms with van der Waals surface area (Å²) in [5.74, 6) is 0.750. The standard InChI is InChI=1S/C28H40N6.CH4O/c1-2-3-17-30-28-31-19-25-26(20-34(27(25)33-28)24-9-5-4-6-10-24)21-11-13-23(14-12-21)32-22-8-7-16-29-18-15-22;1-2/h11-14,19-20,22,24,29,32H,2-10,15-18H2,1H3,(H,30,31,33);2H,1H3. The van der Waals surface area contributed by atoms with Gasteiger partial charge in [-0.05, 0) is 69.3 Å². The van der Waals surface area contributed by atoms with Crippen LogP contribution >= 0.6 is 0 Å². The fraction of sp³-hybridized carbons (Fsp3) is 0.586. The Morgan fingerprint density at radius 3 is 2.58 bits per heavy atom. The highest BCUT2D eigenvalue weighted by Crippen LogP contribution is 2.37. The maximum atomic E-state index is 7.00. The number of hydrogen-bond acceptors (Lipinski definition) is 6. The van der Waals surface area contributed by atoms with Gasteiger partial charge in [-0.15, -0.1) is 0 Å². The highest BCUT2D eigenvalue weighted by Gasteiger charge is 2.21. The van der Waals surface area contributed by atoms with E-state index < -0.39 is 0 Å². The van der Waals surface area contributed by atoms with Crippen LogP contribution in [0.1, 0.15) is 77.2 Å². The third-order valence-electron chi connectivity index (χ3n) is 7.50. The number of fused-ring (bicyclic) bond motifs is 1. The average Bonchev–Trinajstić information content (AvgIpc) is 3.11. The Balaban J connectivity index is 0.00000148. The lowest BCUT2D eigenvalue weighted by atomic mass is 9.95. The van der Waals surface area contributed by atoms with Crippen LogP contribution in [0.15, 0.2) is 36.7 Å². The molecule has 3 aromatic rings. The van der Waals surface area contributed by atoms with Gasteiger partial charge >= 0.3 is 0 Å². The van der Waals surface area contributed by atoms with Crippen molar-refractivity contribution in [2.45, 2.75) is 83.2 Å². The van der Waals surface area contributed by atoms with Crippen molar-refractivity contribution in [2.75, 3.05) is 37.4 Å². The summed E-state index contributed by atoms with van der Waals surface area (Å²) in [6.45, 7) is 5.37. The van der Waals surface area contributed by atoms with Gasteiger partial charge in [-0.1, -0.05) is 44.7 Å². The Morgan fingerprint density at radius 2 is 1.81 bits per heavy atom. The van der Waals surface area contributed by atoms with Crippen LogP contribution in [0.4, 0.5) is 11.6 Å². The monoisotopic (exact) mass is 492 g/mol. The number of nitrogens with one attached hydrogen (secondary N) is 3. The van der Waals surface area contributed by atoms with Crippen molar-refractivity contribution in [3.8, 4) is 11.1 Å². The first-order valence-corrected chi connectivity index (χ1v) is 14.0. The smallest absolute Gasteiger partial charge is 0.224 e. The molecule has 1 saturated carbocycles. The van der Waals surface area contributed by atoms with E-state index >= 15 is 0 Å². The molecule has 3 heterocycles. The van der Waals surface area contributed by atoms with Gasteiger partial charge in [0, 0.05) is 54.8 Å². The molecule has 5 rings (SSSR count). The van der Waals surface area contributed by atoms with Crippen molar-refractivity contribution in [1.82, 2.24) is 19.9 Å². The van der Waals surface area contributed by atoms with Crippen LogP contribution < -0.4 is 16.0 Å². The molecule has 0 spiro atoms. The molecule has 2 aliphatic rings. The van der Waals surface area contributed by atoms with E-state index in [1.54, 1.807) is 0 Å². The fourth-order valence-corrected chi connectivity index (χ4v) is 5.50. The summed E-state index contributed by atoms with van der Waals surface area (Å²) >= 11 is 0. The zero-order chi connectivity index (χ0) is 25.2. The Hall–Kier alpha value is -2.64. The van der Waals surface area contributed by atoms with Crippen molar-refractivity contribution in [1.29, 1.82) is 0 Å². The van der Waals surface area contributed by atoms with Gasteiger partial charge in [-0.25, -0.2) is 4.98 Å². The van der Waals surface area contributed by atoms with E-state index in [1.165, 1.54) is 74.6 Å². The van der Waals surface area contributed by atoms with Gasteiger partial charge in [0.25, 0.3) is 0 Å². The first-order valence-electron chi connectivity index (χ1n) is 14.0. The predicted molar refractivity (Wildman–Crippen MR) is 151 cm³/mol. The number of rotatable bonds is 8. The molecule has 1 aromatic carbocycles. The normalized spacial score (nSPS) is 18.8. The molecule has 4 N–H and O–H groups in total. The molecule has 1 aliphatic heterocycles. The van der Waals surface area contributed by atoms with Gasteiger partial charge in [-0.2, -0.15) is 4.98 Å². The molecular weight excluding hydrogens is 448 g/mol. The fourth-order valence-electron chi connectivity index (χ4n) is 5.50. The van der Waals surface area contributed by atoms with E-state index in [-0.39, 0.29) is 0 Å². The van der Waals surface area contributed by atoms with Crippen LogP contribution in [0.3, 0.4) is 0 Å². The van der Waals surface area contributed by atoms with Crippen molar-refractivity contribution in [3.05, 3.63) is 36.7 Å². The van der Waals surface area contributed by atoms with E-state index in [0.29, 0.717) is 12.1 Å². The summed E-state index contributed by atoms with van der Waals surface area (Å²) in [6, 6.07) is 10.1. The number of aliphatic hydroxyl groups excluding tert-OH is 1. The number of hydrogen-bond donors (Lipinski definition) is 4. The third kappa shape index (κ3) is 6.56. The van der Waals surface area contributed by atoms with Gasteiger partial charge in [-0.3, -0.25) is 0 Å². The van der Waals surface area contributed by atoms with E-state index in [4.69, 9.17) is 10.1 Å². The molecule has 2 aromatic heterocycles. The highest BCUT2D eigenvalue weighted by molar-refractivity contribution is 5.94. The lowest BCUT2D eigenvalue weighted by Crippen LogP contribution is -2.21. The van der Waals surface area contributed by atoms with Gasteiger partial charge in [0.05, 0.1) is 0 Å². The molecule has 7 heteroatoms. The Labute approximate surface area is 216 Å². The Kier molecular flexibility index (Phi) is 9.99. The topological polar surface area (TPSA) is 87.0 Å². The number of unbranched alkanes of at least 4 members (excludes halogenated alkanes) is 1. The summed E-state index contributed by atoms with van der Waals surface area (Å²) < 4.78 is 2.45. The molecule has 1 atom stereocenters. The molecule has 2 fully saturated rings. The summed E-state index contributed by atoms with van der Waals surface area (Å²) in [5.41, 5.74) is 4.77. The molecule has 36 heavy (non-hydrogen) atoms. The van der Waals surface area contributed by atoms with Crippen molar-refractivity contribution < 1.29 is 5.11 Å². The van der Waals surface area contributed by atoms with Crippen LogP contribution in [0.5, 0.6) is 0 Å². The molecule has 7 nitrogen and oxygen atoms in total. The van der Waals surface area contributed by atoms with Crippen LogP contribution in [-0.4, -0.2) is 52.4 Å². The second-order valence-corrected chi connectivity index (χ2v) is 10.1. The molecule has 1 saturated heterocycles.